The Morgan fingerprint density at radius 1 is 1.19 bits per heavy atom. The predicted molar refractivity (Wildman–Crippen MR) is 123 cm³/mol. The number of anilines is 1. The molecule has 7 nitrogen and oxygen atoms in total. The summed E-state index contributed by atoms with van der Waals surface area (Å²) in [4.78, 5) is 26.5. The highest BCUT2D eigenvalue weighted by molar-refractivity contribution is 6.30. The number of halogens is 1. The molecule has 0 saturated carbocycles. The van der Waals surface area contributed by atoms with Crippen molar-refractivity contribution < 1.29 is 4.79 Å². The van der Waals surface area contributed by atoms with E-state index in [1.54, 1.807) is 10.9 Å². The van der Waals surface area contributed by atoms with Gasteiger partial charge in [-0.15, -0.1) is 0 Å². The van der Waals surface area contributed by atoms with Crippen molar-refractivity contribution in [2.45, 2.75) is 25.7 Å². The van der Waals surface area contributed by atoms with Crippen molar-refractivity contribution in [1.82, 2.24) is 24.6 Å². The molecule has 3 heterocycles. The fourth-order valence-electron chi connectivity index (χ4n) is 4.03. The van der Waals surface area contributed by atoms with Crippen LogP contribution in [-0.2, 0) is 7.05 Å². The number of carbonyl (C=O) groups is 1. The maximum Gasteiger partial charge on any atom is 0.257 e. The van der Waals surface area contributed by atoms with E-state index in [0.29, 0.717) is 23.1 Å². The molecule has 1 aliphatic rings. The minimum Gasteiger partial charge on any atom is -0.347 e. The molecule has 0 aliphatic carbocycles. The van der Waals surface area contributed by atoms with E-state index >= 15 is 0 Å². The monoisotopic (exact) mass is 438 g/mol. The van der Waals surface area contributed by atoms with Crippen LogP contribution in [0.4, 0.5) is 5.95 Å². The summed E-state index contributed by atoms with van der Waals surface area (Å²) in [6.07, 6.45) is 5.44. The SMILES string of the molecule is Cc1c(C(=O)N2CCCC(c3nc(N(C)C)ncc3-c3ccc(Cl)cc3)C2)cnn1C. The molecule has 1 saturated heterocycles. The lowest BCUT2D eigenvalue weighted by molar-refractivity contribution is 0.0705. The number of benzene rings is 1. The summed E-state index contributed by atoms with van der Waals surface area (Å²) < 4.78 is 1.74. The second kappa shape index (κ2) is 8.67. The summed E-state index contributed by atoms with van der Waals surface area (Å²) >= 11 is 6.09. The third-order valence-electron chi connectivity index (χ3n) is 5.92. The first-order valence-electron chi connectivity index (χ1n) is 10.4. The second-order valence-electron chi connectivity index (χ2n) is 8.23. The smallest absolute Gasteiger partial charge is 0.257 e. The highest BCUT2D eigenvalue weighted by Crippen LogP contribution is 2.34. The highest BCUT2D eigenvalue weighted by atomic mass is 35.5. The zero-order chi connectivity index (χ0) is 22.1. The first-order chi connectivity index (χ1) is 14.8. The molecule has 31 heavy (non-hydrogen) atoms. The molecule has 0 spiro atoms. The van der Waals surface area contributed by atoms with Crippen molar-refractivity contribution in [3.05, 3.63) is 58.6 Å². The van der Waals surface area contributed by atoms with E-state index in [1.165, 1.54) is 0 Å². The number of carbonyl (C=O) groups excluding carboxylic acids is 1. The van der Waals surface area contributed by atoms with Crippen LogP contribution in [0.1, 0.15) is 40.5 Å². The first kappa shape index (κ1) is 21.3. The number of aryl methyl sites for hydroxylation is 1. The molecule has 0 radical (unpaired) electrons. The standard InChI is InChI=1S/C23H27ClN6O/c1-15-19(13-26-29(15)4)22(31)30-11-5-6-17(14-30)21-20(12-25-23(27-21)28(2)3)16-7-9-18(24)10-8-16/h7-10,12-13,17H,5-6,11,14H2,1-4H3. The third-order valence-corrected chi connectivity index (χ3v) is 6.17. The van der Waals surface area contributed by atoms with Crippen LogP contribution in [0.25, 0.3) is 11.1 Å². The molecule has 2 aromatic heterocycles. The lowest BCUT2D eigenvalue weighted by Crippen LogP contribution is -2.39. The molecule has 1 aliphatic heterocycles. The normalized spacial score (nSPS) is 16.4. The number of piperidine rings is 1. The number of likely N-dealkylation sites (tertiary alicyclic amines) is 1. The maximum atomic E-state index is 13.2. The largest absolute Gasteiger partial charge is 0.347 e. The molecule has 3 aromatic rings. The molecule has 0 bridgehead atoms. The van der Waals surface area contributed by atoms with Crippen LogP contribution in [0.3, 0.4) is 0 Å². The van der Waals surface area contributed by atoms with Gasteiger partial charge in [-0.2, -0.15) is 5.10 Å². The Hall–Kier alpha value is -2.93. The van der Waals surface area contributed by atoms with Gasteiger partial charge in [0.1, 0.15) is 0 Å². The molecule has 1 unspecified atom stereocenters. The zero-order valence-corrected chi connectivity index (χ0v) is 19.1. The van der Waals surface area contributed by atoms with Crippen molar-refractivity contribution in [1.29, 1.82) is 0 Å². The third kappa shape index (κ3) is 4.28. The van der Waals surface area contributed by atoms with Gasteiger partial charge < -0.3 is 9.80 Å². The number of amides is 1. The Bertz CT molecular complexity index is 1090. The van der Waals surface area contributed by atoms with Gasteiger partial charge in [0.25, 0.3) is 5.91 Å². The quantitative estimate of drug-likeness (QED) is 0.617. The van der Waals surface area contributed by atoms with Crippen LogP contribution in [0, 0.1) is 6.92 Å². The van der Waals surface area contributed by atoms with Gasteiger partial charge in [-0.3, -0.25) is 9.48 Å². The predicted octanol–water partition coefficient (Wildman–Crippen LogP) is 3.92. The Balaban J connectivity index is 1.68. The number of rotatable bonds is 4. The van der Waals surface area contributed by atoms with Gasteiger partial charge in [-0.1, -0.05) is 23.7 Å². The summed E-state index contributed by atoms with van der Waals surface area (Å²) in [5.74, 6) is 0.826. The lowest BCUT2D eigenvalue weighted by atomic mass is 9.89. The summed E-state index contributed by atoms with van der Waals surface area (Å²) in [5, 5.41) is 4.93. The topological polar surface area (TPSA) is 67.2 Å². The molecule has 1 atom stereocenters. The molecule has 1 amide bonds. The van der Waals surface area contributed by atoms with Gasteiger partial charge in [0.05, 0.1) is 17.5 Å². The average molecular weight is 439 g/mol. The minimum atomic E-state index is 0.0326. The van der Waals surface area contributed by atoms with E-state index in [0.717, 1.165) is 41.9 Å². The Morgan fingerprint density at radius 3 is 2.58 bits per heavy atom. The number of hydrogen-bond donors (Lipinski definition) is 0. The molecule has 1 fully saturated rings. The zero-order valence-electron chi connectivity index (χ0n) is 18.3. The lowest BCUT2D eigenvalue weighted by Gasteiger charge is -2.33. The molecular weight excluding hydrogens is 412 g/mol. The van der Waals surface area contributed by atoms with Crippen molar-refractivity contribution >= 4 is 23.5 Å². The number of nitrogens with zero attached hydrogens (tertiary/aromatic N) is 6. The van der Waals surface area contributed by atoms with E-state index in [2.05, 4.69) is 10.1 Å². The van der Waals surface area contributed by atoms with Gasteiger partial charge in [-0.25, -0.2) is 9.97 Å². The Labute approximate surface area is 187 Å². The van der Waals surface area contributed by atoms with Crippen molar-refractivity contribution in [3.63, 3.8) is 0 Å². The van der Waals surface area contributed by atoms with E-state index in [9.17, 15) is 4.79 Å². The van der Waals surface area contributed by atoms with E-state index < -0.39 is 0 Å². The van der Waals surface area contributed by atoms with Gasteiger partial charge in [0, 0.05) is 62.6 Å². The van der Waals surface area contributed by atoms with E-state index in [4.69, 9.17) is 16.6 Å². The summed E-state index contributed by atoms with van der Waals surface area (Å²) in [6.45, 7) is 3.29. The minimum absolute atomic E-state index is 0.0326. The molecular formula is C23H27ClN6O. The van der Waals surface area contributed by atoms with Crippen LogP contribution in [-0.4, -0.2) is 57.7 Å². The average Bonchev–Trinajstić information content (AvgIpc) is 3.11. The molecule has 0 N–H and O–H groups in total. The summed E-state index contributed by atoms with van der Waals surface area (Å²) in [5.41, 5.74) is 4.53. The molecule has 1 aromatic carbocycles. The van der Waals surface area contributed by atoms with E-state index in [-0.39, 0.29) is 11.8 Å². The molecule has 4 rings (SSSR count). The van der Waals surface area contributed by atoms with Crippen LogP contribution in [0.2, 0.25) is 5.02 Å². The van der Waals surface area contributed by atoms with Crippen LogP contribution in [0.15, 0.2) is 36.7 Å². The summed E-state index contributed by atoms with van der Waals surface area (Å²) in [6, 6.07) is 7.74. The van der Waals surface area contributed by atoms with Crippen LogP contribution >= 0.6 is 11.6 Å². The van der Waals surface area contributed by atoms with Crippen LogP contribution < -0.4 is 4.90 Å². The fraction of sp³-hybridized carbons (Fsp3) is 0.391. The molecule has 162 valence electrons. The van der Waals surface area contributed by atoms with Crippen molar-refractivity contribution in [2.24, 2.45) is 7.05 Å². The van der Waals surface area contributed by atoms with Gasteiger partial charge >= 0.3 is 0 Å². The summed E-state index contributed by atoms with van der Waals surface area (Å²) in [7, 11) is 5.72. The first-order valence-corrected chi connectivity index (χ1v) is 10.8. The highest BCUT2D eigenvalue weighted by Gasteiger charge is 2.30. The van der Waals surface area contributed by atoms with E-state index in [1.807, 2.05) is 68.3 Å². The van der Waals surface area contributed by atoms with Gasteiger partial charge in [-0.05, 0) is 37.5 Å². The van der Waals surface area contributed by atoms with Gasteiger partial charge in [0.2, 0.25) is 5.95 Å². The van der Waals surface area contributed by atoms with Crippen molar-refractivity contribution in [2.75, 3.05) is 32.1 Å². The van der Waals surface area contributed by atoms with Crippen molar-refractivity contribution in [3.8, 4) is 11.1 Å². The number of hydrogen-bond acceptors (Lipinski definition) is 5. The van der Waals surface area contributed by atoms with Gasteiger partial charge in [0.15, 0.2) is 0 Å². The number of aromatic nitrogens is 4. The Kier molecular flexibility index (Phi) is 5.96. The molecule has 8 heteroatoms. The van der Waals surface area contributed by atoms with Crippen LogP contribution in [0.5, 0.6) is 0 Å². The Morgan fingerprint density at radius 2 is 1.94 bits per heavy atom. The maximum absolute atomic E-state index is 13.2. The fourth-order valence-corrected chi connectivity index (χ4v) is 4.15. The second-order valence-corrected chi connectivity index (χ2v) is 8.66.